The van der Waals surface area contributed by atoms with Crippen LogP contribution in [0.25, 0.3) is 0 Å². The van der Waals surface area contributed by atoms with Crippen molar-refractivity contribution in [3.8, 4) is 6.07 Å². The molecule has 98 valence electrons. The number of hydrogen-bond acceptors (Lipinski definition) is 4. The summed E-state index contributed by atoms with van der Waals surface area (Å²) < 4.78 is 18.0. The van der Waals surface area contributed by atoms with Crippen LogP contribution >= 0.6 is 0 Å². The number of halogens is 1. The lowest BCUT2D eigenvalue weighted by molar-refractivity contribution is 0.159. The molecule has 5 heteroatoms. The summed E-state index contributed by atoms with van der Waals surface area (Å²) in [5, 5.41) is 21.0. The van der Waals surface area contributed by atoms with Crippen molar-refractivity contribution in [1.82, 2.24) is 5.32 Å². The van der Waals surface area contributed by atoms with Crippen LogP contribution in [0, 0.1) is 17.1 Å². The van der Waals surface area contributed by atoms with Crippen molar-refractivity contribution in [3.05, 3.63) is 35.1 Å². The van der Waals surface area contributed by atoms with Gasteiger partial charge < -0.3 is 15.2 Å². The molecule has 1 unspecified atom stereocenters. The molecule has 1 aromatic carbocycles. The van der Waals surface area contributed by atoms with Crippen LogP contribution in [-0.4, -0.2) is 31.5 Å². The van der Waals surface area contributed by atoms with E-state index >= 15 is 0 Å². The number of ether oxygens (including phenoxy) is 1. The molecule has 1 aromatic rings. The minimum Gasteiger partial charge on any atom is -0.395 e. The molecule has 0 radical (unpaired) electrons. The number of nitriles is 1. The van der Waals surface area contributed by atoms with Crippen LogP contribution in [0.4, 0.5) is 4.39 Å². The smallest absolute Gasteiger partial charge is 0.140 e. The maximum atomic E-state index is 13.1. The molecule has 0 fully saturated rings. The van der Waals surface area contributed by atoms with Gasteiger partial charge in [0.25, 0.3) is 0 Å². The van der Waals surface area contributed by atoms with E-state index in [1.165, 1.54) is 12.1 Å². The Balaban J connectivity index is 2.54. The highest BCUT2D eigenvalue weighted by Crippen LogP contribution is 2.09. The molecule has 0 amide bonds. The summed E-state index contributed by atoms with van der Waals surface area (Å²) in [6.45, 7) is 1.05. The van der Waals surface area contributed by atoms with E-state index in [1.54, 1.807) is 19.2 Å². The van der Waals surface area contributed by atoms with E-state index in [4.69, 9.17) is 15.1 Å². The predicted molar refractivity (Wildman–Crippen MR) is 65.3 cm³/mol. The minimum atomic E-state index is -0.514. The Morgan fingerprint density at radius 2 is 2.33 bits per heavy atom. The maximum absolute atomic E-state index is 13.1. The van der Waals surface area contributed by atoms with E-state index < -0.39 is 5.82 Å². The van der Waals surface area contributed by atoms with Gasteiger partial charge in [0.1, 0.15) is 11.9 Å². The van der Waals surface area contributed by atoms with Crippen molar-refractivity contribution < 1.29 is 14.2 Å². The summed E-state index contributed by atoms with van der Waals surface area (Å²) in [7, 11) is 1.60. The summed E-state index contributed by atoms with van der Waals surface area (Å²) in [5.41, 5.74) is 0.843. The number of hydrogen-bond donors (Lipinski definition) is 2. The fourth-order valence-corrected chi connectivity index (χ4v) is 1.55. The maximum Gasteiger partial charge on any atom is 0.140 e. The van der Waals surface area contributed by atoms with Gasteiger partial charge in [-0.25, -0.2) is 4.39 Å². The normalized spacial score (nSPS) is 12.1. The lowest BCUT2D eigenvalue weighted by Crippen LogP contribution is -2.33. The van der Waals surface area contributed by atoms with E-state index in [9.17, 15) is 4.39 Å². The number of rotatable bonds is 7. The zero-order chi connectivity index (χ0) is 13.4. The van der Waals surface area contributed by atoms with Crippen molar-refractivity contribution in [2.75, 3.05) is 20.3 Å². The van der Waals surface area contributed by atoms with Crippen LogP contribution in [0.5, 0.6) is 0 Å². The average molecular weight is 252 g/mol. The number of aliphatic hydroxyl groups is 1. The van der Waals surface area contributed by atoms with Crippen molar-refractivity contribution in [1.29, 1.82) is 5.26 Å². The molecule has 0 spiro atoms. The predicted octanol–water partition coefficient (Wildman–Crippen LogP) is 1.18. The number of benzene rings is 1. The average Bonchev–Trinajstić information content (AvgIpc) is 2.40. The summed E-state index contributed by atoms with van der Waals surface area (Å²) >= 11 is 0. The Morgan fingerprint density at radius 3 is 2.94 bits per heavy atom. The summed E-state index contributed by atoms with van der Waals surface area (Å²) in [4.78, 5) is 0. The fraction of sp³-hybridized carbons (Fsp3) is 0.462. The highest BCUT2D eigenvalue weighted by molar-refractivity contribution is 5.34. The lowest BCUT2D eigenvalue weighted by atomic mass is 10.1. The highest BCUT2D eigenvalue weighted by Gasteiger charge is 2.07. The Morgan fingerprint density at radius 1 is 1.56 bits per heavy atom. The van der Waals surface area contributed by atoms with Gasteiger partial charge in [0.2, 0.25) is 0 Å². The van der Waals surface area contributed by atoms with Crippen LogP contribution in [0.1, 0.15) is 17.5 Å². The number of nitrogens with one attached hydrogen (secondary N) is 1. The number of methoxy groups -OCH3 is 1. The van der Waals surface area contributed by atoms with Crippen LogP contribution in [0.3, 0.4) is 0 Å². The van der Waals surface area contributed by atoms with Crippen molar-refractivity contribution >= 4 is 0 Å². The first-order chi connectivity index (χ1) is 8.71. The Labute approximate surface area is 106 Å². The highest BCUT2D eigenvalue weighted by atomic mass is 19.1. The zero-order valence-electron chi connectivity index (χ0n) is 10.3. The standard InChI is InChI=1S/C13H17FN2O2/c1-18-5-4-12(9-17)16-8-10-2-3-13(14)11(6-10)7-15/h2-3,6,12,16-17H,4-5,8-9H2,1H3. The van der Waals surface area contributed by atoms with Gasteiger partial charge in [0.15, 0.2) is 0 Å². The second-order valence-corrected chi connectivity index (χ2v) is 3.97. The van der Waals surface area contributed by atoms with Crippen LogP contribution in [0.2, 0.25) is 0 Å². The molecule has 0 heterocycles. The second-order valence-electron chi connectivity index (χ2n) is 3.97. The second kappa shape index (κ2) is 7.77. The molecule has 4 nitrogen and oxygen atoms in total. The third-order valence-electron chi connectivity index (χ3n) is 2.64. The van der Waals surface area contributed by atoms with E-state index in [2.05, 4.69) is 5.32 Å². The number of aliphatic hydroxyl groups excluding tert-OH is 1. The van der Waals surface area contributed by atoms with E-state index in [0.29, 0.717) is 19.6 Å². The molecule has 1 rings (SSSR count). The molecule has 18 heavy (non-hydrogen) atoms. The van der Waals surface area contributed by atoms with Gasteiger partial charge >= 0.3 is 0 Å². The van der Waals surface area contributed by atoms with Crippen molar-refractivity contribution in [2.45, 2.75) is 19.0 Å². The van der Waals surface area contributed by atoms with Gasteiger partial charge in [0, 0.05) is 26.3 Å². The molecule has 2 N–H and O–H groups in total. The SMILES string of the molecule is COCCC(CO)NCc1ccc(F)c(C#N)c1. The minimum absolute atomic E-state index is 0.00959. The molecule has 0 saturated carbocycles. The van der Waals surface area contributed by atoms with Gasteiger partial charge in [0.05, 0.1) is 12.2 Å². The van der Waals surface area contributed by atoms with Crippen LogP contribution < -0.4 is 5.32 Å². The third kappa shape index (κ3) is 4.41. The van der Waals surface area contributed by atoms with Gasteiger partial charge in [-0.3, -0.25) is 0 Å². The van der Waals surface area contributed by atoms with E-state index in [1.807, 2.05) is 0 Å². The molecular weight excluding hydrogens is 235 g/mol. The van der Waals surface area contributed by atoms with E-state index in [-0.39, 0.29) is 18.2 Å². The summed E-state index contributed by atoms with van der Waals surface area (Å²) in [6.07, 6.45) is 0.694. The molecule has 1 atom stereocenters. The summed E-state index contributed by atoms with van der Waals surface area (Å²) in [6, 6.07) is 6.13. The Bertz CT molecular complexity index is 418. The Hall–Kier alpha value is -1.48. The van der Waals surface area contributed by atoms with Crippen LogP contribution in [-0.2, 0) is 11.3 Å². The first-order valence-electron chi connectivity index (χ1n) is 5.73. The fourth-order valence-electron chi connectivity index (χ4n) is 1.55. The van der Waals surface area contributed by atoms with Gasteiger partial charge in [-0.2, -0.15) is 5.26 Å². The molecule has 0 aromatic heterocycles. The third-order valence-corrected chi connectivity index (χ3v) is 2.64. The molecule has 0 saturated heterocycles. The molecule has 0 bridgehead atoms. The summed E-state index contributed by atoms with van der Waals surface area (Å²) in [5.74, 6) is -0.514. The quantitative estimate of drug-likeness (QED) is 0.765. The van der Waals surface area contributed by atoms with E-state index in [0.717, 1.165) is 5.56 Å². The largest absolute Gasteiger partial charge is 0.395 e. The molecule has 0 aliphatic carbocycles. The molecule has 0 aliphatic rings. The van der Waals surface area contributed by atoms with Gasteiger partial charge in [-0.1, -0.05) is 6.07 Å². The van der Waals surface area contributed by atoms with Crippen molar-refractivity contribution in [2.24, 2.45) is 0 Å². The topological polar surface area (TPSA) is 65.3 Å². The Kier molecular flexibility index (Phi) is 6.29. The van der Waals surface area contributed by atoms with Crippen LogP contribution in [0.15, 0.2) is 18.2 Å². The first-order valence-corrected chi connectivity index (χ1v) is 5.73. The first kappa shape index (κ1) is 14.6. The van der Waals surface area contributed by atoms with Gasteiger partial charge in [-0.15, -0.1) is 0 Å². The number of nitrogens with zero attached hydrogens (tertiary/aromatic N) is 1. The lowest BCUT2D eigenvalue weighted by Gasteiger charge is -2.15. The van der Waals surface area contributed by atoms with Gasteiger partial charge in [-0.05, 0) is 24.1 Å². The monoisotopic (exact) mass is 252 g/mol. The zero-order valence-corrected chi connectivity index (χ0v) is 10.3. The van der Waals surface area contributed by atoms with Crippen molar-refractivity contribution in [3.63, 3.8) is 0 Å². The molecular formula is C13H17FN2O2. The molecule has 0 aliphatic heterocycles.